The van der Waals surface area contributed by atoms with E-state index in [1.54, 1.807) is 6.92 Å². The Balaban J connectivity index is 1.24. The fourth-order valence-corrected chi connectivity index (χ4v) is 5.41. The lowest BCUT2D eigenvalue weighted by Crippen LogP contribution is -2.44. The van der Waals surface area contributed by atoms with E-state index in [0.29, 0.717) is 6.54 Å². The van der Waals surface area contributed by atoms with E-state index in [1.165, 1.54) is 0 Å². The van der Waals surface area contributed by atoms with Crippen molar-refractivity contribution >= 4 is 12.0 Å². The van der Waals surface area contributed by atoms with Gasteiger partial charge in [-0.05, 0) is 40.8 Å². The molecule has 44 heavy (non-hydrogen) atoms. The number of esters is 1. The number of carbonyl (C=O) groups is 2. The number of benzene rings is 3. The van der Waals surface area contributed by atoms with Crippen LogP contribution in [0.2, 0.25) is 0 Å². The number of ether oxygens (including phenoxy) is 4. The molecule has 2 saturated heterocycles. The highest BCUT2D eigenvalue weighted by atomic mass is 16.7. The van der Waals surface area contributed by atoms with Gasteiger partial charge in [-0.2, -0.15) is 0 Å². The van der Waals surface area contributed by atoms with E-state index in [9.17, 15) is 14.7 Å². The summed E-state index contributed by atoms with van der Waals surface area (Å²) in [6.45, 7) is 6.21. The molecule has 3 aromatic rings. The Morgan fingerprint density at radius 3 is 2.39 bits per heavy atom. The zero-order valence-corrected chi connectivity index (χ0v) is 25.1. The number of hydrogen-bond acceptors (Lipinski definition) is 8. The van der Waals surface area contributed by atoms with Crippen LogP contribution >= 0.6 is 0 Å². The van der Waals surface area contributed by atoms with Crippen LogP contribution in [0.3, 0.4) is 0 Å². The molecule has 2 aliphatic rings. The number of carbonyl (C=O) groups excluding carboxylic acids is 2. The maximum absolute atomic E-state index is 12.1. The Morgan fingerprint density at radius 1 is 0.909 bits per heavy atom. The number of hydrogen-bond donors (Lipinski definition) is 3. The quantitative estimate of drug-likeness (QED) is 0.281. The molecular weight excluding hydrogens is 562 g/mol. The number of aliphatic hydroxyl groups is 1. The Morgan fingerprint density at radius 2 is 1.66 bits per heavy atom. The molecule has 0 saturated carbocycles. The van der Waals surface area contributed by atoms with E-state index in [1.807, 2.05) is 60.7 Å². The number of nitrogens with zero attached hydrogens (tertiary/aromatic N) is 1. The van der Waals surface area contributed by atoms with Crippen LogP contribution < -0.4 is 10.6 Å². The molecule has 2 heterocycles. The molecule has 10 heteroatoms. The van der Waals surface area contributed by atoms with Crippen molar-refractivity contribution < 1.29 is 33.6 Å². The molecule has 3 atom stereocenters. The van der Waals surface area contributed by atoms with Crippen molar-refractivity contribution in [2.45, 2.75) is 45.0 Å². The summed E-state index contributed by atoms with van der Waals surface area (Å²) in [5.41, 5.74) is 5.85. The lowest BCUT2D eigenvalue weighted by molar-refractivity contribution is -0.253. The minimum absolute atomic E-state index is 0.00674. The van der Waals surface area contributed by atoms with Crippen molar-refractivity contribution in [1.29, 1.82) is 0 Å². The van der Waals surface area contributed by atoms with Gasteiger partial charge >= 0.3 is 12.0 Å². The molecule has 234 valence electrons. The number of nitrogens with one attached hydrogen (secondary N) is 2. The highest BCUT2D eigenvalue weighted by Gasteiger charge is 2.33. The molecule has 0 radical (unpaired) electrons. The maximum Gasteiger partial charge on any atom is 0.325 e. The number of morpholine rings is 1. The van der Waals surface area contributed by atoms with Crippen LogP contribution in [0.1, 0.15) is 48.0 Å². The van der Waals surface area contributed by atoms with Gasteiger partial charge in [0.25, 0.3) is 0 Å². The minimum Gasteiger partial charge on any atom is -0.465 e. The molecule has 2 amide bonds. The number of urea groups is 1. The van der Waals surface area contributed by atoms with Crippen LogP contribution in [0.15, 0.2) is 72.8 Å². The lowest BCUT2D eigenvalue weighted by atomic mass is 9.99. The van der Waals surface area contributed by atoms with Gasteiger partial charge in [0.15, 0.2) is 6.29 Å². The van der Waals surface area contributed by atoms with Gasteiger partial charge in [-0.3, -0.25) is 9.69 Å². The highest BCUT2D eigenvalue weighted by Crippen LogP contribution is 2.38. The summed E-state index contributed by atoms with van der Waals surface area (Å²) >= 11 is 0. The van der Waals surface area contributed by atoms with Crippen molar-refractivity contribution in [2.24, 2.45) is 0 Å². The Kier molecular flexibility index (Phi) is 11.3. The molecule has 3 aromatic carbocycles. The van der Waals surface area contributed by atoms with E-state index >= 15 is 0 Å². The third-order valence-corrected chi connectivity index (χ3v) is 7.78. The summed E-state index contributed by atoms with van der Waals surface area (Å²) in [5, 5.41) is 14.7. The third-order valence-electron chi connectivity index (χ3n) is 7.78. The van der Waals surface area contributed by atoms with Gasteiger partial charge in [-0.1, -0.05) is 66.7 Å². The zero-order chi connectivity index (χ0) is 30.7. The van der Waals surface area contributed by atoms with Gasteiger partial charge in [0.05, 0.1) is 38.6 Å². The fraction of sp³-hybridized carbons (Fsp3) is 0.412. The first-order chi connectivity index (χ1) is 21.5. The first kappa shape index (κ1) is 31.6. The molecule has 0 bridgehead atoms. The summed E-state index contributed by atoms with van der Waals surface area (Å²) in [6, 6.07) is 23.6. The van der Waals surface area contributed by atoms with Crippen molar-refractivity contribution in [3.05, 3.63) is 95.1 Å². The average Bonchev–Trinajstić information content (AvgIpc) is 3.07. The maximum atomic E-state index is 12.1. The first-order valence-electron chi connectivity index (χ1n) is 15.2. The van der Waals surface area contributed by atoms with E-state index < -0.39 is 18.3 Å². The second kappa shape index (κ2) is 15.8. The van der Waals surface area contributed by atoms with Crippen LogP contribution in [-0.2, 0) is 36.9 Å². The zero-order valence-electron chi connectivity index (χ0n) is 25.1. The van der Waals surface area contributed by atoms with Crippen LogP contribution in [0.25, 0.3) is 11.1 Å². The van der Waals surface area contributed by atoms with Gasteiger partial charge in [0.2, 0.25) is 0 Å². The summed E-state index contributed by atoms with van der Waals surface area (Å²) in [7, 11) is 0. The van der Waals surface area contributed by atoms with Gasteiger partial charge < -0.3 is 34.7 Å². The summed E-state index contributed by atoms with van der Waals surface area (Å²) < 4.78 is 23.4. The largest absolute Gasteiger partial charge is 0.465 e. The van der Waals surface area contributed by atoms with Gasteiger partial charge in [-0.25, -0.2) is 4.79 Å². The van der Waals surface area contributed by atoms with Gasteiger partial charge in [0.1, 0.15) is 6.54 Å². The molecule has 5 rings (SSSR count). The van der Waals surface area contributed by atoms with E-state index in [0.717, 1.165) is 72.6 Å². The Hall–Kier alpha value is -3.80. The third kappa shape index (κ3) is 8.87. The highest BCUT2D eigenvalue weighted by molar-refractivity contribution is 5.80. The van der Waals surface area contributed by atoms with Crippen molar-refractivity contribution in [3.8, 4) is 11.1 Å². The van der Waals surface area contributed by atoms with Gasteiger partial charge in [0, 0.05) is 38.2 Å². The molecule has 10 nitrogen and oxygen atoms in total. The van der Waals surface area contributed by atoms with Gasteiger partial charge in [-0.15, -0.1) is 0 Å². The number of rotatable bonds is 11. The number of aliphatic hydroxyl groups excluding tert-OH is 1. The Labute approximate surface area is 258 Å². The van der Waals surface area contributed by atoms with Crippen molar-refractivity contribution in [2.75, 3.05) is 46.0 Å². The molecule has 0 aliphatic carbocycles. The van der Waals surface area contributed by atoms with Crippen LogP contribution in [0, 0.1) is 0 Å². The molecule has 2 fully saturated rings. The Bertz CT molecular complexity index is 1360. The van der Waals surface area contributed by atoms with E-state index in [-0.39, 0.29) is 32.0 Å². The van der Waals surface area contributed by atoms with Crippen molar-refractivity contribution in [3.63, 3.8) is 0 Å². The topological polar surface area (TPSA) is 119 Å². The predicted molar refractivity (Wildman–Crippen MR) is 164 cm³/mol. The molecule has 0 aromatic heterocycles. The summed E-state index contributed by atoms with van der Waals surface area (Å²) in [6.07, 6.45) is 0.0835. The first-order valence-corrected chi connectivity index (χ1v) is 15.2. The SMILES string of the molecule is CCOC(=O)CNC(=O)NCc1cccc(-c2ccc(C3OC(CN4CCOCC4)CC(c4ccc(CO)cc4)O3)cc2)c1. The smallest absolute Gasteiger partial charge is 0.325 e. The molecule has 3 N–H and O–H groups in total. The van der Waals surface area contributed by atoms with E-state index in [4.69, 9.17) is 18.9 Å². The van der Waals surface area contributed by atoms with Crippen LogP contribution in [0.4, 0.5) is 4.79 Å². The predicted octanol–water partition coefficient (Wildman–Crippen LogP) is 4.09. The monoisotopic (exact) mass is 603 g/mol. The fourth-order valence-electron chi connectivity index (χ4n) is 5.41. The molecule has 3 unspecified atom stereocenters. The average molecular weight is 604 g/mol. The number of amides is 2. The minimum atomic E-state index is -0.519. The normalized spacial score (nSPS) is 20.5. The van der Waals surface area contributed by atoms with Crippen molar-refractivity contribution in [1.82, 2.24) is 15.5 Å². The second-order valence-electron chi connectivity index (χ2n) is 10.9. The van der Waals surface area contributed by atoms with Crippen LogP contribution in [-0.4, -0.2) is 74.1 Å². The molecular formula is C34H41N3O7. The summed E-state index contributed by atoms with van der Waals surface area (Å²) in [4.78, 5) is 25.9. The molecule has 0 spiro atoms. The standard InChI is InChI=1S/C34H41N3O7/c1-2-42-32(39)21-36-34(40)35-20-25-4-3-5-29(18-25)26-10-12-28(13-11-26)33-43-30(22-37-14-16-41-17-15-37)19-31(44-33)27-8-6-24(23-38)7-9-27/h3-13,18,30-31,33,38H,2,14-17,19-23H2,1H3,(H2,35,36,40). The molecule has 2 aliphatic heterocycles. The second-order valence-corrected chi connectivity index (χ2v) is 10.9. The van der Waals surface area contributed by atoms with Crippen LogP contribution in [0.5, 0.6) is 0 Å². The lowest BCUT2D eigenvalue weighted by Gasteiger charge is -2.39. The summed E-state index contributed by atoms with van der Waals surface area (Å²) in [5.74, 6) is -0.475. The van der Waals surface area contributed by atoms with E-state index in [2.05, 4.69) is 27.7 Å².